The Hall–Kier alpha value is -3.11. The third-order valence-electron chi connectivity index (χ3n) is 3.93. The number of benzene rings is 2. The molecule has 0 spiro atoms. The molecule has 4 aromatic rings. The van der Waals surface area contributed by atoms with E-state index in [1.807, 2.05) is 24.3 Å². The number of aryl methyl sites for hydroxylation is 1. The maximum Gasteiger partial charge on any atom is 0.371 e. The van der Waals surface area contributed by atoms with Crippen molar-refractivity contribution in [3.05, 3.63) is 79.7 Å². The highest BCUT2D eigenvalue weighted by atomic mass is 79.9. The van der Waals surface area contributed by atoms with Gasteiger partial charge in [0.1, 0.15) is 0 Å². The topological polar surface area (TPSA) is 94.0 Å². The van der Waals surface area contributed by atoms with E-state index < -0.39 is 0 Å². The Labute approximate surface area is 172 Å². The highest BCUT2D eigenvalue weighted by Gasteiger charge is 2.12. The van der Waals surface area contributed by atoms with Crippen molar-refractivity contribution in [2.45, 2.75) is 6.92 Å². The molecular weight excluding hydrogens is 444 g/mol. The van der Waals surface area contributed by atoms with Crippen molar-refractivity contribution < 1.29 is 4.42 Å². The molecule has 2 aromatic heterocycles. The molecule has 0 atom stereocenters. The molecule has 140 valence electrons. The lowest BCUT2D eigenvalue weighted by molar-refractivity contribution is 0.552. The number of aromatic nitrogens is 5. The molecule has 0 aliphatic carbocycles. The van der Waals surface area contributed by atoms with Crippen LogP contribution in [0.1, 0.15) is 11.4 Å². The van der Waals surface area contributed by atoms with E-state index in [0.717, 1.165) is 15.6 Å². The Morgan fingerprint density at radius 3 is 2.64 bits per heavy atom. The number of hydrogen-bond acceptors (Lipinski definition) is 6. The first-order chi connectivity index (χ1) is 13.5. The van der Waals surface area contributed by atoms with Crippen molar-refractivity contribution >= 4 is 34.4 Å². The summed E-state index contributed by atoms with van der Waals surface area (Å²) in [4.78, 5) is 12.9. The van der Waals surface area contributed by atoms with Gasteiger partial charge in [-0.3, -0.25) is 0 Å². The molecule has 0 aliphatic rings. The van der Waals surface area contributed by atoms with Crippen LogP contribution in [0.5, 0.6) is 0 Å². The summed E-state index contributed by atoms with van der Waals surface area (Å²) in [6.45, 7) is 1.72. The van der Waals surface area contributed by atoms with Crippen LogP contribution < -0.4 is 5.69 Å². The van der Waals surface area contributed by atoms with Crippen molar-refractivity contribution in [2.75, 3.05) is 0 Å². The van der Waals surface area contributed by atoms with Crippen LogP contribution >= 0.6 is 28.1 Å². The fraction of sp³-hybridized carbons (Fsp3) is 0.0556. The minimum absolute atomic E-state index is 0.201. The number of nitrogens with one attached hydrogen (secondary N) is 1. The summed E-state index contributed by atoms with van der Waals surface area (Å²) in [5, 5.41) is 15.1. The van der Waals surface area contributed by atoms with Crippen molar-refractivity contribution in [2.24, 2.45) is 5.10 Å². The summed E-state index contributed by atoms with van der Waals surface area (Å²) < 4.78 is 8.71. The van der Waals surface area contributed by atoms with Gasteiger partial charge in [-0.2, -0.15) is 14.5 Å². The molecule has 0 unspecified atom stereocenters. The van der Waals surface area contributed by atoms with Gasteiger partial charge in [-0.1, -0.05) is 34.1 Å². The molecule has 8 nitrogen and oxygen atoms in total. The van der Waals surface area contributed by atoms with Gasteiger partial charge in [-0.05, 0) is 49.5 Å². The maximum absolute atomic E-state index is 12.7. The van der Waals surface area contributed by atoms with Gasteiger partial charge in [0.15, 0.2) is 5.82 Å². The number of rotatable bonds is 4. The SMILES string of the molecule is Cc1nn(-c2ccc(-c3n[nH]c(=S)o3)cc2)c(=O)n1/N=C/c1ccccc1Br. The summed E-state index contributed by atoms with van der Waals surface area (Å²) in [7, 11) is 0. The molecule has 2 aromatic carbocycles. The van der Waals surface area contributed by atoms with E-state index in [9.17, 15) is 4.79 Å². The second-order valence-electron chi connectivity index (χ2n) is 5.78. The normalized spacial score (nSPS) is 11.4. The van der Waals surface area contributed by atoms with Gasteiger partial charge in [-0.15, -0.1) is 10.2 Å². The second-order valence-corrected chi connectivity index (χ2v) is 7.01. The largest absolute Gasteiger partial charge is 0.409 e. The van der Waals surface area contributed by atoms with Gasteiger partial charge >= 0.3 is 5.69 Å². The zero-order valence-corrected chi connectivity index (χ0v) is 16.9. The molecule has 0 radical (unpaired) electrons. The van der Waals surface area contributed by atoms with Crippen LogP contribution in [-0.4, -0.2) is 30.9 Å². The van der Waals surface area contributed by atoms with Gasteiger partial charge in [0, 0.05) is 15.6 Å². The third kappa shape index (κ3) is 3.51. The van der Waals surface area contributed by atoms with Crippen molar-refractivity contribution in [3.8, 4) is 17.1 Å². The fourth-order valence-corrected chi connectivity index (χ4v) is 3.07. The van der Waals surface area contributed by atoms with Gasteiger partial charge in [-0.25, -0.2) is 9.89 Å². The molecule has 0 fully saturated rings. The van der Waals surface area contributed by atoms with E-state index in [-0.39, 0.29) is 10.5 Å². The lowest BCUT2D eigenvalue weighted by atomic mass is 10.2. The smallest absolute Gasteiger partial charge is 0.371 e. The van der Waals surface area contributed by atoms with Crippen molar-refractivity contribution in [1.82, 2.24) is 24.7 Å². The van der Waals surface area contributed by atoms with Gasteiger partial charge in [0.25, 0.3) is 4.84 Å². The summed E-state index contributed by atoms with van der Waals surface area (Å²) in [5.41, 5.74) is 1.81. The fourth-order valence-electron chi connectivity index (χ4n) is 2.56. The first-order valence-electron chi connectivity index (χ1n) is 8.17. The minimum atomic E-state index is -0.370. The van der Waals surface area contributed by atoms with E-state index in [1.165, 1.54) is 9.36 Å². The lowest BCUT2D eigenvalue weighted by Crippen LogP contribution is -2.21. The van der Waals surface area contributed by atoms with Crippen LogP contribution in [0.4, 0.5) is 0 Å². The minimum Gasteiger partial charge on any atom is -0.409 e. The summed E-state index contributed by atoms with van der Waals surface area (Å²) in [6, 6.07) is 14.6. The number of H-pyrrole nitrogens is 1. The molecule has 2 heterocycles. The van der Waals surface area contributed by atoms with Crippen LogP contribution in [0.15, 0.2) is 67.3 Å². The first-order valence-corrected chi connectivity index (χ1v) is 9.37. The molecule has 28 heavy (non-hydrogen) atoms. The molecule has 0 amide bonds. The quantitative estimate of drug-likeness (QED) is 0.373. The zero-order chi connectivity index (χ0) is 19.7. The summed E-state index contributed by atoms with van der Waals surface area (Å²) in [5.74, 6) is 0.846. The van der Waals surface area contributed by atoms with Crippen molar-refractivity contribution in [3.63, 3.8) is 0 Å². The van der Waals surface area contributed by atoms with Crippen LogP contribution in [0.25, 0.3) is 17.1 Å². The van der Waals surface area contributed by atoms with E-state index in [4.69, 9.17) is 16.6 Å². The number of aromatic amines is 1. The van der Waals surface area contributed by atoms with Crippen LogP contribution in [-0.2, 0) is 0 Å². The number of hydrogen-bond donors (Lipinski definition) is 1. The molecule has 0 bridgehead atoms. The first kappa shape index (κ1) is 18.3. The maximum atomic E-state index is 12.7. The second kappa shape index (κ2) is 7.49. The van der Waals surface area contributed by atoms with E-state index in [0.29, 0.717) is 17.4 Å². The van der Waals surface area contributed by atoms with Crippen LogP contribution in [0.2, 0.25) is 0 Å². The average Bonchev–Trinajstić information content (AvgIpc) is 3.25. The standard InChI is InChI=1S/C18H13BrN6O2S/c1-11-23-25(14-8-6-12(7-9-14)16-21-22-17(28)27-16)18(26)24(11)20-10-13-4-2-3-5-15(13)19/h2-10H,1H3,(H,22,28)/b20-10+. The average molecular weight is 457 g/mol. The van der Waals surface area contributed by atoms with Gasteiger partial charge in [0.05, 0.1) is 11.9 Å². The van der Waals surface area contributed by atoms with Crippen LogP contribution in [0, 0.1) is 11.8 Å². The Balaban J connectivity index is 1.66. The zero-order valence-electron chi connectivity index (χ0n) is 14.5. The highest BCUT2D eigenvalue weighted by molar-refractivity contribution is 9.10. The monoisotopic (exact) mass is 456 g/mol. The third-order valence-corrected chi connectivity index (χ3v) is 4.82. The highest BCUT2D eigenvalue weighted by Crippen LogP contribution is 2.18. The number of halogens is 1. The molecule has 0 aliphatic heterocycles. The van der Waals surface area contributed by atoms with Gasteiger partial charge < -0.3 is 4.42 Å². The van der Waals surface area contributed by atoms with E-state index in [1.54, 1.807) is 37.4 Å². The molecule has 1 N–H and O–H groups in total. The van der Waals surface area contributed by atoms with E-state index in [2.05, 4.69) is 36.3 Å². The summed E-state index contributed by atoms with van der Waals surface area (Å²) >= 11 is 8.33. The Morgan fingerprint density at radius 2 is 1.96 bits per heavy atom. The molecule has 4 rings (SSSR count). The predicted molar refractivity (Wildman–Crippen MR) is 110 cm³/mol. The molecular formula is C18H13BrN6O2S. The Kier molecular flexibility index (Phi) is 4.88. The molecule has 0 saturated heterocycles. The van der Waals surface area contributed by atoms with E-state index >= 15 is 0 Å². The lowest BCUT2D eigenvalue weighted by Gasteiger charge is -2.00. The molecule has 10 heteroatoms. The molecule has 0 saturated carbocycles. The predicted octanol–water partition coefficient (Wildman–Crippen LogP) is 3.70. The summed E-state index contributed by atoms with van der Waals surface area (Å²) in [6.07, 6.45) is 1.61. The Morgan fingerprint density at radius 1 is 1.21 bits per heavy atom. The van der Waals surface area contributed by atoms with Gasteiger partial charge in [0.2, 0.25) is 5.89 Å². The van der Waals surface area contributed by atoms with Crippen LogP contribution in [0.3, 0.4) is 0 Å². The number of nitrogens with zero attached hydrogens (tertiary/aromatic N) is 5. The Bertz CT molecular complexity index is 1280. The van der Waals surface area contributed by atoms with Crippen molar-refractivity contribution in [1.29, 1.82) is 0 Å².